The summed E-state index contributed by atoms with van der Waals surface area (Å²) in [6, 6.07) is 7.34. The van der Waals surface area contributed by atoms with Crippen LogP contribution in [0.1, 0.15) is 21.6 Å². The minimum Gasteiger partial charge on any atom is -0.496 e. The Morgan fingerprint density at radius 2 is 1.95 bits per heavy atom. The van der Waals surface area contributed by atoms with Crippen LogP contribution in [0.3, 0.4) is 0 Å². The molecule has 0 aliphatic heterocycles. The van der Waals surface area contributed by atoms with Gasteiger partial charge in [-0.2, -0.15) is 0 Å². The molecule has 2 rings (SSSR count). The van der Waals surface area contributed by atoms with E-state index in [2.05, 4.69) is 4.98 Å². The van der Waals surface area contributed by atoms with Crippen molar-refractivity contribution in [2.75, 3.05) is 7.11 Å². The summed E-state index contributed by atoms with van der Waals surface area (Å²) in [7, 11) is 1.62. The fourth-order valence-corrected chi connectivity index (χ4v) is 2.09. The molecule has 0 amide bonds. The van der Waals surface area contributed by atoms with Crippen LogP contribution in [0.2, 0.25) is 0 Å². The highest BCUT2D eigenvalue weighted by Gasteiger charge is 2.15. The SMILES string of the molecule is COc1cc(C)c(-c2cccnc2C(=O)O)cc1C. The zero-order valence-corrected chi connectivity index (χ0v) is 11.1. The van der Waals surface area contributed by atoms with E-state index in [1.807, 2.05) is 26.0 Å². The van der Waals surface area contributed by atoms with Crippen LogP contribution in [-0.4, -0.2) is 23.2 Å². The van der Waals surface area contributed by atoms with Crippen LogP contribution >= 0.6 is 0 Å². The third kappa shape index (κ3) is 2.42. The molecule has 0 saturated heterocycles. The largest absolute Gasteiger partial charge is 0.496 e. The fraction of sp³-hybridized carbons (Fsp3) is 0.200. The molecule has 0 atom stereocenters. The average Bonchev–Trinajstić information content (AvgIpc) is 2.40. The topological polar surface area (TPSA) is 59.4 Å². The summed E-state index contributed by atoms with van der Waals surface area (Å²) >= 11 is 0. The molecule has 19 heavy (non-hydrogen) atoms. The molecule has 1 aromatic heterocycles. The average molecular weight is 257 g/mol. The highest BCUT2D eigenvalue weighted by Crippen LogP contribution is 2.31. The number of hydrogen-bond acceptors (Lipinski definition) is 3. The Morgan fingerprint density at radius 3 is 2.58 bits per heavy atom. The first-order valence-electron chi connectivity index (χ1n) is 5.88. The highest BCUT2D eigenvalue weighted by molar-refractivity contribution is 5.94. The number of carboxylic acids is 1. The quantitative estimate of drug-likeness (QED) is 0.918. The Balaban J connectivity index is 2.66. The maximum atomic E-state index is 11.2. The number of benzene rings is 1. The number of aromatic nitrogens is 1. The van der Waals surface area contributed by atoms with E-state index in [9.17, 15) is 9.90 Å². The molecule has 98 valence electrons. The summed E-state index contributed by atoms with van der Waals surface area (Å²) in [5, 5.41) is 9.20. The van der Waals surface area contributed by atoms with Gasteiger partial charge in [-0.25, -0.2) is 9.78 Å². The number of carboxylic acid groups (broad SMARTS) is 1. The number of aromatic carboxylic acids is 1. The maximum Gasteiger partial charge on any atom is 0.355 e. The van der Waals surface area contributed by atoms with Crippen molar-refractivity contribution >= 4 is 5.97 Å². The van der Waals surface area contributed by atoms with Crippen LogP contribution in [0.25, 0.3) is 11.1 Å². The van der Waals surface area contributed by atoms with Gasteiger partial charge >= 0.3 is 5.97 Å². The van der Waals surface area contributed by atoms with Crippen molar-refractivity contribution < 1.29 is 14.6 Å². The lowest BCUT2D eigenvalue weighted by Crippen LogP contribution is -2.03. The minimum atomic E-state index is -1.02. The summed E-state index contributed by atoms with van der Waals surface area (Å²) < 4.78 is 5.26. The Labute approximate surface area is 111 Å². The molecular formula is C15H15NO3. The first kappa shape index (κ1) is 13.1. The van der Waals surface area contributed by atoms with Crippen LogP contribution in [0.15, 0.2) is 30.5 Å². The third-order valence-electron chi connectivity index (χ3n) is 3.04. The van der Waals surface area contributed by atoms with Gasteiger partial charge in [0.25, 0.3) is 0 Å². The summed E-state index contributed by atoms with van der Waals surface area (Å²) in [5.74, 6) is -0.231. The molecule has 1 heterocycles. The third-order valence-corrected chi connectivity index (χ3v) is 3.04. The normalized spacial score (nSPS) is 10.3. The van der Waals surface area contributed by atoms with Crippen molar-refractivity contribution in [3.05, 3.63) is 47.3 Å². The highest BCUT2D eigenvalue weighted by atomic mass is 16.5. The monoisotopic (exact) mass is 257 g/mol. The molecule has 0 radical (unpaired) electrons. The fourth-order valence-electron chi connectivity index (χ4n) is 2.09. The lowest BCUT2D eigenvalue weighted by molar-refractivity contribution is 0.0691. The van der Waals surface area contributed by atoms with Gasteiger partial charge in [0.05, 0.1) is 7.11 Å². The van der Waals surface area contributed by atoms with Gasteiger partial charge in [0.1, 0.15) is 5.75 Å². The van der Waals surface area contributed by atoms with E-state index in [0.717, 1.165) is 22.4 Å². The molecule has 1 aromatic carbocycles. The van der Waals surface area contributed by atoms with Gasteiger partial charge in [0, 0.05) is 11.8 Å². The van der Waals surface area contributed by atoms with E-state index in [1.165, 1.54) is 6.20 Å². The molecule has 0 bridgehead atoms. The second-order valence-corrected chi connectivity index (χ2v) is 4.34. The van der Waals surface area contributed by atoms with Crippen molar-refractivity contribution in [3.63, 3.8) is 0 Å². The summed E-state index contributed by atoms with van der Waals surface area (Å²) in [6.07, 6.45) is 1.48. The second kappa shape index (κ2) is 5.10. The van der Waals surface area contributed by atoms with Gasteiger partial charge in [-0.1, -0.05) is 6.07 Å². The Morgan fingerprint density at radius 1 is 1.21 bits per heavy atom. The molecule has 4 heteroatoms. The van der Waals surface area contributed by atoms with E-state index in [4.69, 9.17) is 4.74 Å². The Kier molecular flexibility index (Phi) is 3.51. The summed E-state index contributed by atoms with van der Waals surface area (Å²) in [5.41, 5.74) is 3.47. The molecule has 0 spiro atoms. The Bertz CT molecular complexity index is 635. The van der Waals surface area contributed by atoms with Crippen LogP contribution < -0.4 is 4.74 Å². The number of hydrogen-bond donors (Lipinski definition) is 1. The van der Waals surface area contributed by atoms with Gasteiger partial charge in [-0.3, -0.25) is 0 Å². The van der Waals surface area contributed by atoms with Crippen LogP contribution in [-0.2, 0) is 0 Å². The van der Waals surface area contributed by atoms with E-state index in [-0.39, 0.29) is 5.69 Å². The molecule has 0 saturated carbocycles. The van der Waals surface area contributed by atoms with Crippen molar-refractivity contribution in [1.29, 1.82) is 0 Å². The second-order valence-electron chi connectivity index (χ2n) is 4.34. The van der Waals surface area contributed by atoms with E-state index >= 15 is 0 Å². The number of carbonyl (C=O) groups is 1. The zero-order chi connectivity index (χ0) is 14.0. The molecule has 4 nitrogen and oxygen atoms in total. The predicted molar refractivity (Wildman–Crippen MR) is 72.7 cm³/mol. The summed E-state index contributed by atoms with van der Waals surface area (Å²) in [6.45, 7) is 3.86. The predicted octanol–water partition coefficient (Wildman–Crippen LogP) is 3.07. The number of aryl methyl sites for hydroxylation is 2. The number of methoxy groups -OCH3 is 1. The first-order valence-corrected chi connectivity index (χ1v) is 5.88. The van der Waals surface area contributed by atoms with Gasteiger partial charge in [0.15, 0.2) is 5.69 Å². The van der Waals surface area contributed by atoms with Crippen molar-refractivity contribution in [2.45, 2.75) is 13.8 Å². The molecule has 0 aliphatic carbocycles. The molecule has 0 unspecified atom stereocenters. The van der Waals surface area contributed by atoms with Gasteiger partial charge in [-0.05, 0) is 48.7 Å². The van der Waals surface area contributed by atoms with Crippen LogP contribution in [0.4, 0.5) is 0 Å². The molecule has 0 fully saturated rings. The number of ether oxygens (including phenoxy) is 1. The zero-order valence-electron chi connectivity index (χ0n) is 11.1. The standard InChI is InChI=1S/C15H15NO3/c1-9-8-13(19-3)10(2)7-12(9)11-5-4-6-16-14(11)15(17)18/h4-8H,1-3H3,(H,17,18). The lowest BCUT2D eigenvalue weighted by Gasteiger charge is -2.12. The molecule has 0 aliphatic rings. The lowest BCUT2D eigenvalue weighted by atomic mass is 9.96. The maximum absolute atomic E-state index is 11.2. The number of rotatable bonds is 3. The molecule has 1 N–H and O–H groups in total. The van der Waals surface area contributed by atoms with Gasteiger partial charge in [0.2, 0.25) is 0 Å². The number of nitrogens with zero attached hydrogens (tertiary/aromatic N) is 1. The first-order chi connectivity index (χ1) is 9.04. The Hall–Kier alpha value is -2.36. The van der Waals surface area contributed by atoms with E-state index in [1.54, 1.807) is 19.2 Å². The van der Waals surface area contributed by atoms with Crippen molar-refractivity contribution in [3.8, 4) is 16.9 Å². The van der Waals surface area contributed by atoms with Crippen molar-refractivity contribution in [1.82, 2.24) is 4.98 Å². The van der Waals surface area contributed by atoms with Gasteiger partial charge in [-0.15, -0.1) is 0 Å². The van der Waals surface area contributed by atoms with E-state index in [0.29, 0.717) is 5.56 Å². The molecular weight excluding hydrogens is 242 g/mol. The molecule has 2 aromatic rings. The van der Waals surface area contributed by atoms with Crippen molar-refractivity contribution in [2.24, 2.45) is 0 Å². The smallest absolute Gasteiger partial charge is 0.355 e. The van der Waals surface area contributed by atoms with E-state index < -0.39 is 5.97 Å². The van der Waals surface area contributed by atoms with Crippen LogP contribution in [0, 0.1) is 13.8 Å². The van der Waals surface area contributed by atoms with Crippen LogP contribution in [0.5, 0.6) is 5.75 Å². The minimum absolute atomic E-state index is 0.0650. The van der Waals surface area contributed by atoms with Gasteiger partial charge < -0.3 is 9.84 Å². The summed E-state index contributed by atoms with van der Waals surface area (Å²) in [4.78, 5) is 15.2. The number of pyridine rings is 1.